The average molecular weight is 279 g/mol. The molecule has 0 spiro atoms. The Labute approximate surface area is 116 Å². The van der Waals surface area contributed by atoms with Crippen LogP contribution in [0.1, 0.15) is 12.7 Å². The van der Waals surface area contributed by atoms with Crippen molar-refractivity contribution in [2.75, 3.05) is 13.2 Å². The van der Waals surface area contributed by atoms with E-state index in [1.165, 1.54) is 12.1 Å². The van der Waals surface area contributed by atoms with Crippen LogP contribution in [0.5, 0.6) is 0 Å². The molecule has 1 unspecified atom stereocenters. The Bertz CT molecular complexity index is 549. The third kappa shape index (κ3) is 3.90. The summed E-state index contributed by atoms with van der Waals surface area (Å²) in [6.07, 6.45) is 0. The molecule has 0 fully saturated rings. The summed E-state index contributed by atoms with van der Waals surface area (Å²) >= 11 is 0. The zero-order chi connectivity index (χ0) is 14.6. The highest BCUT2D eigenvalue weighted by atomic mass is 19.1. The van der Waals surface area contributed by atoms with E-state index in [0.29, 0.717) is 18.1 Å². The molecule has 0 aliphatic heterocycles. The Balaban J connectivity index is 1.94. The van der Waals surface area contributed by atoms with Crippen molar-refractivity contribution in [3.05, 3.63) is 48.0 Å². The standard InChI is InChI=1S/C15H18FNO3/c1-15(19,10-18)9-17-8-13-6-7-14(20-13)11-2-4-12(16)5-3-11/h2-7,17-19H,8-10H2,1H3. The smallest absolute Gasteiger partial charge is 0.134 e. The Morgan fingerprint density at radius 3 is 2.55 bits per heavy atom. The van der Waals surface area contributed by atoms with Crippen LogP contribution < -0.4 is 5.32 Å². The number of aliphatic hydroxyl groups excluding tert-OH is 1. The number of rotatable bonds is 6. The summed E-state index contributed by atoms with van der Waals surface area (Å²) in [6.45, 7) is 1.94. The first kappa shape index (κ1) is 14.7. The summed E-state index contributed by atoms with van der Waals surface area (Å²) in [5, 5.41) is 21.6. The maximum absolute atomic E-state index is 12.8. The van der Waals surface area contributed by atoms with E-state index < -0.39 is 5.60 Å². The molecule has 1 heterocycles. The fourth-order valence-electron chi connectivity index (χ4n) is 1.75. The molecule has 0 aliphatic rings. The summed E-state index contributed by atoms with van der Waals surface area (Å²) < 4.78 is 18.5. The highest BCUT2D eigenvalue weighted by Crippen LogP contribution is 2.22. The highest BCUT2D eigenvalue weighted by molar-refractivity contribution is 5.57. The van der Waals surface area contributed by atoms with Gasteiger partial charge in [0, 0.05) is 12.1 Å². The average Bonchev–Trinajstić information content (AvgIpc) is 2.88. The van der Waals surface area contributed by atoms with Gasteiger partial charge in [-0.2, -0.15) is 0 Å². The lowest BCUT2D eigenvalue weighted by Gasteiger charge is -2.20. The molecule has 1 aromatic heterocycles. The predicted octanol–water partition coefficient (Wildman–Crippen LogP) is 1.92. The second kappa shape index (κ2) is 6.17. The van der Waals surface area contributed by atoms with Crippen molar-refractivity contribution in [3.63, 3.8) is 0 Å². The normalized spacial score (nSPS) is 14.2. The van der Waals surface area contributed by atoms with Gasteiger partial charge in [0.05, 0.1) is 18.8 Å². The van der Waals surface area contributed by atoms with Gasteiger partial charge in [0.25, 0.3) is 0 Å². The molecule has 0 saturated heterocycles. The fourth-order valence-corrected chi connectivity index (χ4v) is 1.75. The second-order valence-electron chi connectivity index (χ2n) is 5.03. The topological polar surface area (TPSA) is 65.6 Å². The van der Waals surface area contributed by atoms with Gasteiger partial charge in [0.2, 0.25) is 0 Å². The Morgan fingerprint density at radius 1 is 1.20 bits per heavy atom. The third-order valence-corrected chi connectivity index (χ3v) is 2.94. The SMILES string of the molecule is CC(O)(CO)CNCc1ccc(-c2ccc(F)cc2)o1. The van der Waals surface area contributed by atoms with E-state index in [-0.39, 0.29) is 19.0 Å². The van der Waals surface area contributed by atoms with Gasteiger partial charge in [-0.25, -0.2) is 4.39 Å². The number of aliphatic hydroxyl groups is 2. The molecule has 0 radical (unpaired) electrons. The van der Waals surface area contributed by atoms with Gasteiger partial charge in [-0.3, -0.25) is 0 Å². The molecule has 20 heavy (non-hydrogen) atoms. The molecular formula is C15H18FNO3. The summed E-state index contributed by atoms with van der Waals surface area (Å²) in [5.74, 6) is 1.09. The van der Waals surface area contributed by atoms with E-state index in [9.17, 15) is 9.50 Å². The molecule has 5 heteroatoms. The van der Waals surface area contributed by atoms with Crippen molar-refractivity contribution in [2.45, 2.75) is 19.1 Å². The second-order valence-corrected chi connectivity index (χ2v) is 5.03. The van der Waals surface area contributed by atoms with Gasteiger partial charge in [0.15, 0.2) is 0 Å². The van der Waals surface area contributed by atoms with E-state index >= 15 is 0 Å². The quantitative estimate of drug-likeness (QED) is 0.756. The molecule has 2 rings (SSSR count). The molecule has 0 saturated carbocycles. The lowest BCUT2D eigenvalue weighted by Crippen LogP contribution is -2.40. The zero-order valence-electron chi connectivity index (χ0n) is 11.3. The summed E-state index contributed by atoms with van der Waals surface area (Å²) in [7, 11) is 0. The monoisotopic (exact) mass is 279 g/mol. The van der Waals surface area contributed by atoms with Crippen molar-refractivity contribution in [1.82, 2.24) is 5.32 Å². The van der Waals surface area contributed by atoms with E-state index in [1.807, 2.05) is 12.1 Å². The van der Waals surface area contributed by atoms with Crippen molar-refractivity contribution < 1.29 is 19.0 Å². The van der Waals surface area contributed by atoms with Crippen LogP contribution in [0.3, 0.4) is 0 Å². The van der Waals surface area contributed by atoms with Gasteiger partial charge in [-0.05, 0) is 43.3 Å². The number of halogens is 1. The number of benzene rings is 1. The summed E-state index contributed by atoms with van der Waals surface area (Å²) in [6, 6.07) is 9.71. The number of furan rings is 1. The Hall–Kier alpha value is -1.69. The number of hydrogen-bond acceptors (Lipinski definition) is 4. The maximum atomic E-state index is 12.8. The lowest BCUT2D eigenvalue weighted by molar-refractivity contribution is 0.00228. The maximum Gasteiger partial charge on any atom is 0.134 e. The van der Waals surface area contributed by atoms with Gasteiger partial charge in [0.1, 0.15) is 17.3 Å². The highest BCUT2D eigenvalue weighted by Gasteiger charge is 2.18. The van der Waals surface area contributed by atoms with Crippen molar-refractivity contribution in [1.29, 1.82) is 0 Å². The Morgan fingerprint density at radius 2 is 1.90 bits per heavy atom. The molecule has 2 aromatic rings. The molecule has 1 aromatic carbocycles. The third-order valence-electron chi connectivity index (χ3n) is 2.94. The molecule has 0 aliphatic carbocycles. The van der Waals surface area contributed by atoms with Crippen LogP contribution in [0, 0.1) is 5.82 Å². The van der Waals surface area contributed by atoms with Crippen molar-refractivity contribution in [2.24, 2.45) is 0 Å². The van der Waals surface area contributed by atoms with Crippen LogP contribution in [-0.2, 0) is 6.54 Å². The van der Waals surface area contributed by atoms with Crippen LogP contribution in [-0.4, -0.2) is 29.0 Å². The van der Waals surface area contributed by atoms with Crippen molar-refractivity contribution in [3.8, 4) is 11.3 Å². The van der Waals surface area contributed by atoms with Gasteiger partial charge < -0.3 is 19.9 Å². The summed E-state index contributed by atoms with van der Waals surface area (Å²) in [5.41, 5.74) is -0.341. The minimum Gasteiger partial charge on any atom is -0.460 e. The lowest BCUT2D eigenvalue weighted by atomic mass is 10.1. The molecule has 3 N–H and O–H groups in total. The first-order chi connectivity index (χ1) is 9.50. The van der Waals surface area contributed by atoms with E-state index in [0.717, 1.165) is 5.56 Å². The first-order valence-electron chi connectivity index (χ1n) is 6.39. The van der Waals surface area contributed by atoms with Gasteiger partial charge in [-0.1, -0.05) is 0 Å². The van der Waals surface area contributed by atoms with Crippen molar-refractivity contribution >= 4 is 0 Å². The molecule has 0 amide bonds. The predicted molar refractivity (Wildman–Crippen MR) is 73.5 cm³/mol. The zero-order valence-corrected chi connectivity index (χ0v) is 11.3. The summed E-state index contributed by atoms with van der Waals surface area (Å²) in [4.78, 5) is 0. The van der Waals surface area contributed by atoms with Crippen LogP contribution in [0.15, 0.2) is 40.8 Å². The molecule has 0 bridgehead atoms. The van der Waals surface area contributed by atoms with Gasteiger partial charge in [-0.15, -0.1) is 0 Å². The van der Waals surface area contributed by atoms with Crippen LogP contribution in [0.4, 0.5) is 4.39 Å². The van der Waals surface area contributed by atoms with Crippen LogP contribution in [0.2, 0.25) is 0 Å². The van der Waals surface area contributed by atoms with Crippen LogP contribution in [0.25, 0.3) is 11.3 Å². The van der Waals surface area contributed by atoms with Crippen LogP contribution >= 0.6 is 0 Å². The van der Waals surface area contributed by atoms with E-state index in [1.54, 1.807) is 19.1 Å². The minimum atomic E-state index is -1.15. The first-order valence-corrected chi connectivity index (χ1v) is 6.39. The number of nitrogens with one attached hydrogen (secondary N) is 1. The van der Waals surface area contributed by atoms with Gasteiger partial charge >= 0.3 is 0 Å². The number of hydrogen-bond donors (Lipinski definition) is 3. The minimum absolute atomic E-state index is 0.260. The molecular weight excluding hydrogens is 261 g/mol. The molecule has 1 atom stereocenters. The fraction of sp³-hybridized carbons (Fsp3) is 0.333. The Kier molecular flexibility index (Phi) is 4.54. The van der Waals surface area contributed by atoms with E-state index in [2.05, 4.69) is 5.32 Å². The molecule has 4 nitrogen and oxygen atoms in total. The molecule has 108 valence electrons. The van der Waals surface area contributed by atoms with E-state index in [4.69, 9.17) is 9.52 Å². The largest absolute Gasteiger partial charge is 0.460 e.